The summed E-state index contributed by atoms with van der Waals surface area (Å²) < 4.78 is 57.6. The predicted molar refractivity (Wildman–Crippen MR) is 59.2 cm³/mol. The number of primary sulfonamides is 1. The fourth-order valence-electron chi connectivity index (χ4n) is 0.953. The summed E-state index contributed by atoms with van der Waals surface area (Å²) in [7, 11) is -8.09. The molecule has 0 bridgehead atoms. The van der Waals surface area contributed by atoms with E-state index < -0.39 is 42.2 Å². The fourth-order valence-corrected chi connectivity index (χ4v) is 3.67. The first kappa shape index (κ1) is 14.3. The third kappa shape index (κ3) is 4.19. The third-order valence-electron chi connectivity index (χ3n) is 1.71. The Kier molecular flexibility index (Phi) is 4.07. The van der Waals surface area contributed by atoms with E-state index in [-0.39, 0.29) is 5.02 Å². The SMILES string of the molecule is NS(=O)(=O)CCS(=O)(=O)c1ncc(Cl)cc1F. The minimum atomic E-state index is -4.14. The van der Waals surface area contributed by atoms with Gasteiger partial charge < -0.3 is 0 Å². The molecule has 0 spiro atoms. The maximum atomic E-state index is 13.3. The minimum absolute atomic E-state index is 0.0621. The second kappa shape index (κ2) is 4.84. The zero-order valence-corrected chi connectivity index (χ0v) is 10.7. The Labute approximate surface area is 103 Å². The van der Waals surface area contributed by atoms with Gasteiger partial charge >= 0.3 is 0 Å². The highest BCUT2D eigenvalue weighted by Gasteiger charge is 2.23. The molecule has 0 radical (unpaired) electrons. The molecule has 0 aliphatic heterocycles. The molecular weight excluding hydrogens is 295 g/mol. The Hall–Kier alpha value is -0.770. The average Bonchev–Trinajstić information content (AvgIpc) is 2.13. The molecule has 0 fully saturated rings. The number of sulfone groups is 1. The normalized spacial score (nSPS) is 12.6. The van der Waals surface area contributed by atoms with Crippen LogP contribution >= 0.6 is 11.6 Å². The average molecular weight is 303 g/mol. The Bertz CT molecular complexity index is 629. The number of hydrogen-bond acceptors (Lipinski definition) is 5. The summed E-state index contributed by atoms with van der Waals surface area (Å²) in [6.45, 7) is 0. The van der Waals surface area contributed by atoms with Gasteiger partial charge in [0.1, 0.15) is 0 Å². The van der Waals surface area contributed by atoms with E-state index in [9.17, 15) is 21.2 Å². The van der Waals surface area contributed by atoms with Gasteiger partial charge in [0.25, 0.3) is 0 Å². The molecular formula is C7H8ClFN2O4S2. The van der Waals surface area contributed by atoms with Gasteiger partial charge in [-0.1, -0.05) is 11.6 Å². The van der Waals surface area contributed by atoms with Gasteiger partial charge in [0, 0.05) is 6.20 Å². The van der Waals surface area contributed by atoms with Crippen molar-refractivity contribution >= 4 is 31.5 Å². The van der Waals surface area contributed by atoms with Gasteiger partial charge in [0.2, 0.25) is 10.0 Å². The molecule has 0 aliphatic carbocycles. The highest BCUT2D eigenvalue weighted by molar-refractivity contribution is 7.94. The molecule has 2 N–H and O–H groups in total. The number of hydrogen-bond donors (Lipinski definition) is 1. The quantitative estimate of drug-likeness (QED) is 0.838. The van der Waals surface area contributed by atoms with E-state index in [2.05, 4.69) is 10.1 Å². The lowest BCUT2D eigenvalue weighted by atomic mass is 10.5. The molecule has 1 rings (SSSR count). The molecule has 6 nitrogen and oxygen atoms in total. The second-order valence-electron chi connectivity index (χ2n) is 3.13. The summed E-state index contributed by atoms with van der Waals surface area (Å²) in [5, 5.41) is 3.75. The number of nitrogens with two attached hydrogens (primary N) is 1. The van der Waals surface area contributed by atoms with Gasteiger partial charge in [-0.3, -0.25) is 0 Å². The van der Waals surface area contributed by atoms with E-state index in [4.69, 9.17) is 11.6 Å². The highest BCUT2D eigenvalue weighted by atomic mass is 35.5. The van der Waals surface area contributed by atoms with Crippen molar-refractivity contribution in [2.45, 2.75) is 5.03 Å². The van der Waals surface area contributed by atoms with Crippen LogP contribution in [0.3, 0.4) is 0 Å². The van der Waals surface area contributed by atoms with E-state index in [1.165, 1.54) is 0 Å². The molecule has 0 atom stereocenters. The van der Waals surface area contributed by atoms with Gasteiger partial charge in [-0.15, -0.1) is 0 Å². The monoisotopic (exact) mass is 302 g/mol. The molecule has 96 valence electrons. The summed E-state index contributed by atoms with van der Waals surface area (Å²) in [5.74, 6) is -2.77. The smallest absolute Gasteiger partial charge is 0.210 e. The molecule has 0 amide bonds. The van der Waals surface area contributed by atoms with Gasteiger partial charge in [-0.25, -0.2) is 31.3 Å². The molecule has 0 aliphatic rings. The van der Waals surface area contributed by atoms with Crippen molar-refractivity contribution in [1.82, 2.24) is 4.98 Å². The number of aromatic nitrogens is 1. The lowest BCUT2D eigenvalue weighted by Crippen LogP contribution is -2.24. The third-order valence-corrected chi connectivity index (χ3v) is 4.57. The van der Waals surface area contributed by atoms with E-state index in [1.54, 1.807) is 0 Å². The van der Waals surface area contributed by atoms with Crippen molar-refractivity contribution in [2.75, 3.05) is 11.5 Å². The van der Waals surface area contributed by atoms with Gasteiger partial charge in [0.15, 0.2) is 20.7 Å². The largest absolute Gasteiger partial charge is 0.240 e. The van der Waals surface area contributed by atoms with Crippen molar-refractivity contribution in [3.63, 3.8) is 0 Å². The lowest BCUT2D eigenvalue weighted by molar-refractivity contribution is 0.553. The number of sulfonamides is 1. The molecule has 0 unspecified atom stereocenters. The van der Waals surface area contributed by atoms with Crippen LogP contribution in [0.15, 0.2) is 17.3 Å². The van der Waals surface area contributed by atoms with Crippen LogP contribution in [0.2, 0.25) is 5.02 Å². The van der Waals surface area contributed by atoms with Crippen LogP contribution in [0, 0.1) is 5.82 Å². The maximum Gasteiger partial charge on any atom is 0.210 e. The van der Waals surface area contributed by atoms with Crippen LogP contribution < -0.4 is 5.14 Å². The van der Waals surface area contributed by atoms with Crippen LogP contribution in [-0.4, -0.2) is 33.3 Å². The highest BCUT2D eigenvalue weighted by Crippen LogP contribution is 2.17. The molecule has 1 aromatic heterocycles. The topological polar surface area (TPSA) is 107 Å². The Morgan fingerprint density at radius 3 is 2.35 bits per heavy atom. The van der Waals surface area contributed by atoms with Crippen molar-refractivity contribution < 1.29 is 21.2 Å². The zero-order chi connectivity index (χ0) is 13.3. The number of halogens is 2. The molecule has 0 saturated heterocycles. The molecule has 0 aromatic carbocycles. The van der Waals surface area contributed by atoms with Gasteiger partial charge in [0.05, 0.1) is 16.5 Å². The summed E-state index contributed by atoms with van der Waals surface area (Å²) >= 11 is 5.40. The van der Waals surface area contributed by atoms with Gasteiger partial charge in [-0.05, 0) is 6.07 Å². The summed E-state index contributed by atoms with van der Waals surface area (Å²) in [6, 6.07) is 0.776. The van der Waals surface area contributed by atoms with Crippen molar-refractivity contribution in [1.29, 1.82) is 0 Å². The van der Waals surface area contributed by atoms with E-state index >= 15 is 0 Å². The zero-order valence-electron chi connectivity index (χ0n) is 8.30. The molecule has 1 aromatic rings. The van der Waals surface area contributed by atoms with Gasteiger partial charge in [-0.2, -0.15) is 0 Å². The van der Waals surface area contributed by atoms with E-state index in [0.29, 0.717) is 0 Å². The van der Waals surface area contributed by atoms with Crippen LogP contribution in [0.5, 0.6) is 0 Å². The van der Waals surface area contributed by atoms with Crippen molar-refractivity contribution in [3.05, 3.63) is 23.1 Å². The van der Waals surface area contributed by atoms with E-state index in [1.807, 2.05) is 0 Å². The first-order valence-corrected chi connectivity index (χ1v) is 7.91. The number of nitrogens with zero attached hydrogens (tertiary/aromatic N) is 1. The molecule has 17 heavy (non-hydrogen) atoms. The van der Waals surface area contributed by atoms with Crippen molar-refractivity contribution in [3.8, 4) is 0 Å². The summed E-state index contributed by atoms with van der Waals surface area (Å²) in [4.78, 5) is 3.32. The molecule has 0 saturated carbocycles. The first-order valence-electron chi connectivity index (χ1n) is 4.16. The Morgan fingerprint density at radius 1 is 1.29 bits per heavy atom. The molecule has 10 heteroatoms. The summed E-state index contributed by atoms with van der Waals surface area (Å²) in [6.07, 6.45) is 0.953. The van der Waals surface area contributed by atoms with Crippen LogP contribution in [-0.2, 0) is 19.9 Å². The maximum absolute atomic E-state index is 13.3. The van der Waals surface area contributed by atoms with Crippen LogP contribution in [0.25, 0.3) is 0 Å². The standard InChI is InChI=1S/C7H8ClFN2O4S2/c8-5-3-6(9)7(11-4-5)16(12,13)1-2-17(10,14)15/h3-4H,1-2H2,(H2,10,14,15). The summed E-state index contributed by atoms with van der Waals surface area (Å²) in [5.41, 5.74) is 0. The Balaban J connectivity index is 3.06. The van der Waals surface area contributed by atoms with Crippen LogP contribution in [0.4, 0.5) is 4.39 Å². The number of pyridine rings is 1. The van der Waals surface area contributed by atoms with Crippen LogP contribution in [0.1, 0.15) is 0 Å². The number of rotatable bonds is 4. The fraction of sp³-hybridized carbons (Fsp3) is 0.286. The predicted octanol–water partition coefficient (Wildman–Crippen LogP) is -0.0637. The molecule has 1 heterocycles. The first-order chi connectivity index (χ1) is 7.62. The minimum Gasteiger partial charge on any atom is -0.240 e. The van der Waals surface area contributed by atoms with Crippen molar-refractivity contribution in [2.24, 2.45) is 5.14 Å². The van der Waals surface area contributed by atoms with E-state index in [0.717, 1.165) is 12.3 Å². The Morgan fingerprint density at radius 2 is 1.88 bits per heavy atom. The lowest BCUT2D eigenvalue weighted by Gasteiger charge is -2.04. The second-order valence-corrected chi connectivity index (χ2v) is 7.32.